The number of aliphatic hydroxyl groups excluding tert-OH is 2. The number of hydrogen-bond donors (Lipinski definition) is 3. The number of fused-ring (bicyclic) bond motifs is 1. The lowest BCUT2D eigenvalue weighted by molar-refractivity contribution is -0.153. The fraction of sp³-hybridized carbons (Fsp3) is 0.783. The van der Waals surface area contributed by atoms with E-state index in [1.54, 1.807) is 0 Å². The molecule has 0 amide bonds. The number of rotatable bonds is 6. The predicted octanol–water partition coefficient (Wildman–Crippen LogP) is 3.29. The van der Waals surface area contributed by atoms with Gasteiger partial charge in [-0.05, 0) is 56.9 Å². The van der Waals surface area contributed by atoms with Gasteiger partial charge in [0.25, 0.3) is 0 Å². The summed E-state index contributed by atoms with van der Waals surface area (Å²) in [5.74, 6) is 5.66. The van der Waals surface area contributed by atoms with Gasteiger partial charge in [-0.3, -0.25) is 4.79 Å². The molecule has 3 rings (SSSR count). The summed E-state index contributed by atoms with van der Waals surface area (Å²) in [5.41, 5.74) is 0.744. The van der Waals surface area contributed by atoms with Crippen LogP contribution in [0.4, 0.5) is 0 Å². The van der Waals surface area contributed by atoms with Crippen LogP contribution in [-0.2, 0) is 9.53 Å². The van der Waals surface area contributed by atoms with Crippen LogP contribution in [0.3, 0.4) is 0 Å². The summed E-state index contributed by atoms with van der Waals surface area (Å²) in [6.45, 7) is 2.55. The van der Waals surface area contributed by atoms with Gasteiger partial charge in [0.1, 0.15) is 6.10 Å². The molecule has 0 aromatic carbocycles. The van der Waals surface area contributed by atoms with Gasteiger partial charge in [-0.25, -0.2) is 0 Å². The van der Waals surface area contributed by atoms with Gasteiger partial charge in [0.2, 0.25) is 0 Å². The Bertz CT molecular complexity index is 639. The summed E-state index contributed by atoms with van der Waals surface area (Å²) in [7, 11) is 0. The van der Waals surface area contributed by atoms with Crippen LogP contribution in [0.15, 0.2) is 11.6 Å². The summed E-state index contributed by atoms with van der Waals surface area (Å²) < 4.78 is 6.18. The summed E-state index contributed by atoms with van der Waals surface area (Å²) in [6.07, 6.45) is 9.32. The Morgan fingerprint density at radius 3 is 2.75 bits per heavy atom. The monoisotopic (exact) mass is 390 g/mol. The zero-order valence-corrected chi connectivity index (χ0v) is 16.9. The van der Waals surface area contributed by atoms with E-state index in [9.17, 15) is 15.0 Å². The minimum absolute atomic E-state index is 0.110. The highest BCUT2D eigenvalue weighted by atomic mass is 16.5. The van der Waals surface area contributed by atoms with Crippen LogP contribution in [0.1, 0.15) is 71.1 Å². The maximum atomic E-state index is 10.8. The summed E-state index contributed by atoms with van der Waals surface area (Å²) >= 11 is 0. The third-order valence-corrected chi connectivity index (χ3v) is 6.89. The van der Waals surface area contributed by atoms with Crippen molar-refractivity contribution >= 4 is 5.97 Å². The fourth-order valence-electron chi connectivity index (χ4n) is 5.36. The first-order valence-corrected chi connectivity index (χ1v) is 10.9. The molecule has 3 saturated carbocycles. The fourth-order valence-corrected chi connectivity index (χ4v) is 5.36. The molecule has 0 spiro atoms. The van der Waals surface area contributed by atoms with Crippen LogP contribution in [-0.4, -0.2) is 45.7 Å². The molecule has 3 N–H and O–H groups in total. The molecule has 156 valence electrons. The Morgan fingerprint density at radius 1 is 1.32 bits per heavy atom. The number of ether oxygens (including phenoxy) is 1. The Balaban J connectivity index is 1.72. The molecule has 5 atom stereocenters. The smallest absolute Gasteiger partial charge is 0.303 e. The molecule has 0 aromatic rings. The number of carboxylic acids is 1. The minimum Gasteiger partial charge on any atom is -0.481 e. The molecule has 0 bridgehead atoms. The molecule has 5 heteroatoms. The maximum absolute atomic E-state index is 10.8. The lowest BCUT2D eigenvalue weighted by Crippen LogP contribution is -2.60. The summed E-state index contributed by atoms with van der Waals surface area (Å²) in [6, 6.07) is 0. The predicted molar refractivity (Wildman–Crippen MR) is 107 cm³/mol. The third-order valence-electron chi connectivity index (χ3n) is 6.89. The van der Waals surface area contributed by atoms with Crippen LogP contribution in [0.5, 0.6) is 0 Å². The molecule has 3 aliphatic rings. The summed E-state index contributed by atoms with van der Waals surface area (Å²) in [4.78, 5) is 10.8. The molecular formula is C23H34O5. The lowest BCUT2D eigenvalue weighted by atomic mass is 9.53. The van der Waals surface area contributed by atoms with Gasteiger partial charge in [0.05, 0.1) is 17.6 Å². The molecule has 0 aromatic heterocycles. The molecule has 1 unspecified atom stereocenters. The van der Waals surface area contributed by atoms with Crippen LogP contribution < -0.4 is 0 Å². The molecule has 0 radical (unpaired) electrons. The van der Waals surface area contributed by atoms with E-state index in [4.69, 9.17) is 9.84 Å². The van der Waals surface area contributed by atoms with Crippen molar-refractivity contribution in [2.24, 2.45) is 17.8 Å². The molecule has 28 heavy (non-hydrogen) atoms. The Kier molecular flexibility index (Phi) is 7.20. The van der Waals surface area contributed by atoms with Crippen molar-refractivity contribution < 1.29 is 24.9 Å². The first-order chi connectivity index (χ1) is 13.5. The van der Waals surface area contributed by atoms with E-state index in [1.165, 1.54) is 6.42 Å². The van der Waals surface area contributed by atoms with E-state index in [1.807, 2.05) is 13.0 Å². The largest absolute Gasteiger partial charge is 0.481 e. The van der Waals surface area contributed by atoms with Gasteiger partial charge < -0.3 is 20.1 Å². The van der Waals surface area contributed by atoms with Gasteiger partial charge in [0, 0.05) is 18.9 Å². The minimum atomic E-state index is -0.794. The maximum Gasteiger partial charge on any atom is 0.303 e. The Morgan fingerprint density at radius 2 is 2.07 bits per heavy atom. The van der Waals surface area contributed by atoms with Gasteiger partial charge in [-0.1, -0.05) is 37.2 Å². The van der Waals surface area contributed by atoms with Crippen molar-refractivity contribution in [1.29, 1.82) is 0 Å². The van der Waals surface area contributed by atoms with Crippen LogP contribution in [0, 0.1) is 29.6 Å². The first kappa shape index (κ1) is 21.4. The van der Waals surface area contributed by atoms with Crippen molar-refractivity contribution in [3.63, 3.8) is 0 Å². The molecule has 0 heterocycles. The van der Waals surface area contributed by atoms with Crippen molar-refractivity contribution in [3.05, 3.63) is 11.6 Å². The third kappa shape index (κ3) is 4.45. The quantitative estimate of drug-likeness (QED) is 0.479. The highest BCUT2D eigenvalue weighted by Gasteiger charge is 2.58. The summed E-state index contributed by atoms with van der Waals surface area (Å²) in [5, 5.41) is 30.0. The van der Waals surface area contributed by atoms with E-state index >= 15 is 0 Å². The zero-order chi connectivity index (χ0) is 20.1. The number of allylic oxidation sites excluding steroid dienone is 1. The normalized spacial score (nSPS) is 35.4. The van der Waals surface area contributed by atoms with E-state index < -0.39 is 23.8 Å². The standard InChI is InChI=1S/C23H34O5/c1-2-28-23-14-13-21(25)18(11-12-20(24)16-7-4-3-5-8-16)19(23)15-17(23)9-6-10-22(26)27/h9,16,18-21,24-25H,2-8,10,13-15H2,1H3,(H,26,27)/t18-,19-,20?,21-,23+/m0/s1. The van der Waals surface area contributed by atoms with Crippen molar-refractivity contribution in [2.45, 2.75) is 88.9 Å². The SMILES string of the molecule is CCO[C@@]12CC[C@H](O)[C@@H](C#CC(O)C3CCCCC3)[C@@H]1CC2=CCCC(=O)O. The highest BCUT2D eigenvalue weighted by molar-refractivity contribution is 5.66. The van der Waals surface area contributed by atoms with Gasteiger partial charge in [-0.2, -0.15) is 0 Å². The Hall–Kier alpha value is -1.35. The number of aliphatic hydroxyl groups is 2. The van der Waals surface area contributed by atoms with Crippen LogP contribution in [0.25, 0.3) is 0 Å². The topological polar surface area (TPSA) is 87.0 Å². The van der Waals surface area contributed by atoms with E-state index in [-0.39, 0.29) is 24.2 Å². The number of carboxylic acid groups (broad SMARTS) is 1. The molecule has 5 nitrogen and oxygen atoms in total. The van der Waals surface area contributed by atoms with E-state index in [0.29, 0.717) is 19.4 Å². The van der Waals surface area contributed by atoms with Crippen molar-refractivity contribution in [3.8, 4) is 11.8 Å². The average Bonchev–Trinajstić information content (AvgIpc) is 2.68. The molecular weight excluding hydrogens is 356 g/mol. The van der Waals surface area contributed by atoms with E-state index in [0.717, 1.165) is 44.1 Å². The second-order valence-electron chi connectivity index (χ2n) is 8.56. The molecule has 3 aliphatic carbocycles. The van der Waals surface area contributed by atoms with Gasteiger partial charge in [0.15, 0.2) is 0 Å². The van der Waals surface area contributed by atoms with Crippen molar-refractivity contribution in [1.82, 2.24) is 0 Å². The highest BCUT2D eigenvalue weighted by Crippen LogP contribution is 2.57. The number of carbonyl (C=O) groups is 1. The number of aliphatic carboxylic acids is 1. The first-order valence-electron chi connectivity index (χ1n) is 10.9. The average molecular weight is 391 g/mol. The van der Waals surface area contributed by atoms with Crippen LogP contribution in [0.2, 0.25) is 0 Å². The Labute approximate surface area is 168 Å². The van der Waals surface area contributed by atoms with Crippen LogP contribution >= 0.6 is 0 Å². The second-order valence-corrected chi connectivity index (χ2v) is 8.56. The molecule has 0 aliphatic heterocycles. The van der Waals surface area contributed by atoms with Crippen molar-refractivity contribution in [2.75, 3.05) is 6.61 Å². The van der Waals surface area contributed by atoms with Gasteiger partial charge >= 0.3 is 5.97 Å². The number of hydrogen-bond acceptors (Lipinski definition) is 4. The van der Waals surface area contributed by atoms with E-state index in [2.05, 4.69) is 11.8 Å². The molecule has 3 fully saturated rings. The second kappa shape index (κ2) is 9.43. The molecule has 0 saturated heterocycles. The van der Waals surface area contributed by atoms with Gasteiger partial charge in [-0.15, -0.1) is 0 Å². The lowest BCUT2D eigenvalue weighted by Gasteiger charge is -2.57. The zero-order valence-electron chi connectivity index (χ0n) is 16.9.